The number of sulfonamides is 1. The summed E-state index contributed by atoms with van der Waals surface area (Å²) in [4.78, 5) is 11.5. The monoisotopic (exact) mass is 344 g/mol. The van der Waals surface area contributed by atoms with Crippen molar-refractivity contribution in [3.05, 3.63) is 28.8 Å². The number of hydrogen-bond donors (Lipinski definition) is 2. The predicted molar refractivity (Wildman–Crippen MR) is 72.5 cm³/mol. The van der Waals surface area contributed by atoms with Crippen molar-refractivity contribution in [1.82, 2.24) is 4.72 Å². The molecule has 1 aromatic carbocycles. The molecule has 5 nitrogen and oxygen atoms in total. The second-order valence-corrected chi connectivity index (χ2v) is 6.49. The molecule has 1 rings (SSSR count). The van der Waals surface area contributed by atoms with E-state index in [1.165, 1.54) is 13.0 Å². The predicted octanol–water partition coefficient (Wildman–Crippen LogP) is 2.24. The molecule has 0 aliphatic carbocycles. The summed E-state index contributed by atoms with van der Waals surface area (Å²) < 4.78 is 62.6. The Kier molecular flexibility index (Phi) is 5.60. The maximum atomic E-state index is 12.8. The summed E-state index contributed by atoms with van der Waals surface area (Å²) in [6.07, 6.45) is -4.70. The van der Waals surface area contributed by atoms with Gasteiger partial charge in [-0.1, -0.05) is 11.6 Å². The van der Waals surface area contributed by atoms with Gasteiger partial charge in [0.1, 0.15) is 0 Å². The molecule has 2 N–H and O–H groups in total. The molecule has 0 unspecified atom stereocenters. The molecule has 0 bridgehead atoms. The van der Waals surface area contributed by atoms with Gasteiger partial charge in [0.15, 0.2) is 0 Å². The Morgan fingerprint density at radius 1 is 1.33 bits per heavy atom. The van der Waals surface area contributed by atoms with Gasteiger partial charge >= 0.3 is 6.18 Å². The van der Waals surface area contributed by atoms with Crippen molar-refractivity contribution >= 4 is 33.2 Å². The molecule has 10 heteroatoms. The van der Waals surface area contributed by atoms with E-state index in [9.17, 15) is 26.4 Å². The average molecular weight is 345 g/mol. The highest BCUT2D eigenvalue weighted by molar-refractivity contribution is 7.89. The summed E-state index contributed by atoms with van der Waals surface area (Å²) in [6, 6.07) is 2.85. The number of alkyl halides is 3. The molecule has 1 aromatic rings. The van der Waals surface area contributed by atoms with E-state index in [1.807, 2.05) is 10.0 Å². The van der Waals surface area contributed by atoms with Gasteiger partial charge in [-0.05, 0) is 25.1 Å². The lowest BCUT2D eigenvalue weighted by Crippen LogP contribution is -2.34. The zero-order chi connectivity index (χ0) is 16.3. The van der Waals surface area contributed by atoms with Gasteiger partial charge in [-0.2, -0.15) is 13.2 Å². The maximum absolute atomic E-state index is 12.8. The van der Waals surface area contributed by atoms with Crippen LogP contribution in [0.25, 0.3) is 0 Å². The summed E-state index contributed by atoms with van der Waals surface area (Å²) in [5.41, 5.74) is -1.60. The SMILES string of the molecule is CCS(=O)(=O)NCC(=O)Nc1ccc(Cl)cc1C(F)(F)F. The largest absolute Gasteiger partial charge is 0.418 e. The summed E-state index contributed by atoms with van der Waals surface area (Å²) in [6.45, 7) is 0.706. The fourth-order valence-electron chi connectivity index (χ4n) is 1.33. The van der Waals surface area contributed by atoms with Crippen LogP contribution in [0.15, 0.2) is 18.2 Å². The summed E-state index contributed by atoms with van der Waals surface area (Å²) in [5.74, 6) is -1.16. The molecule has 1 amide bonds. The highest BCUT2D eigenvalue weighted by atomic mass is 35.5. The zero-order valence-corrected chi connectivity index (χ0v) is 12.4. The van der Waals surface area contributed by atoms with Crippen LogP contribution in [-0.2, 0) is 21.0 Å². The molecule has 0 radical (unpaired) electrons. The topological polar surface area (TPSA) is 75.3 Å². The van der Waals surface area contributed by atoms with Gasteiger partial charge in [-0.25, -0.2) is 13.1 Å². The molecule has 0 aliphatic heterocycles. The minimum Gasteiger partial charge on any atom is -0.324 e. The van der Waals surface area contributed by atoms with Gasteiger partial charge in [0.2, 0.25) is 15.9 Å². The van der Waals surface area contributed by atoms with Crippen LogP contribution in [-0.4, -0.2) is 26.6 Å². The van der Waals surface area contributed by atoms with Crippen molar-refractivity contribution < 1.29 is 26.4 Å². The van der Waals surface area contributed by atoms with Crippen LogP contribution < -0.4 is 10.0 Å². The fraction of sp³-hybridized carbons (Fsp3) is 0.364. The van der Waals surface area contributed by atoms with E-state index in [2.05, 4.69) is 0 Å². The molecule has 0 saturated carbocycles. The molecular formula is C11H12ClF3N2O3S. The Morgan fingerprint density at radius 3 is 2.48 bits per heavy atom. The lowest BCUT2D eigenvalue weighted by molar-refractivity contribution is -0.137. The minimum atomic E-state index is -4.70. The summed E-state index contributed by atoms with van der Waals surface area (Å²) >= 11 is 5.49. The molecule has 0 fully saturated rings. The van der Waals surface area contributed by atoms with Gasteiger partial charge in [-0.3, -0.25) is 4.79 Å². The van der Waals surface area contributed by atoms with Crippen molar-refractivity contribution in [2.75, 3.05) is 17.6 Å². The Labute approximate surface area is 124 Å². The third-order valence-corrected chi connectivity index (χ3v) is 3.97. The van der Waals surface area contributed by atoms with Crippen LogP contribution in [0.3, 0.4) is 0 Å². The van der Waals surface area contributed by atoms with E-state index in [0.29, 0.717) is 6.07 Å². The van der Waals surface area contributed by atoms with Gasteiger partial charge in [0, 0.05) is 5.02 Å². The van der Waals surface area contributed by atoms with Crippen LogP contribution in [0, 0.1) is 0 Å². The Morgan fingerprint density at radius 2 is 1.95 bits per heavy atom. The third kappa shape index (κ3) is 5.52. The van der Waals surface area contributed by atoms with Gasteiger partial charge in [0.25, 0.3) is 0 Å². The number of carbonyl (C=O) groups is 1. The fourth-order valence-corrected chi connectivity index (χ4v) is 2.06. The number of rotatable bonds is 5. The summed E-state index contributed by atoms with van der Waals surface area (Å²) in [5, 5.41) is 1.86. The molecule has 0 atom stereocenters. The lowest BCUT2D eigenvalue weighted by atomic mass is 10.1. The van der Waals surface area contributed by atoms with Crippen molar-refractivity contribution in [2.45, 2.75) is 13.1 Å². The van der Waals surface area contributed by atoms with Crippen LogP contribution >= 0.6 is 11.6 Å². The highest BCUT2D eigenvalue weighted by Crippen LogP contribution is 2.36. The van der Waals surface area contributed by atoms with E-state index in [0.717, 1.165) is 6.07 Å². The quantitative estimate of drug-likeness (QED) is 0.860. The van der Waals surface area contributed by atoms with Crippen molar-refractivity contribution in [3.8, 4) is 0 Å². The minimum absolute atomic E-state index is 0.132. The summed E-state index contributed by atoms with van der Waals surface area (Å²) in [7, 11) is -3.61. The normalized spacial score (nSPS) is 12.2. The molecule has 0 spiro atoms. The second kappa shape index (κ2) is 6.63. The average Bonchev–Trinajstić information content (AvgIpc) is 2.37. The first-order valence-electron chi connectivity index (χ1n) is 5.69. The van der Waals surface area contributed by atoms with Gasteiger partial charge < -0.3 is 5.32 Å². The van der Waals surface area contributed by atoms with E-state index in [1.54, 1.807) is 0 Å². The second-order valence-electron chi connectivity index (χ2n) is 3.96. The third-order valence-electron chi connectivity index (χ3n) is 2.39. The molecular weight excluding hydrogens is 333 g/mol. The first-order chi connectivity index (χ1) is 9.55. The van der Waals surface area contributed by atoms with Crippen LogP contribution in [0.4, 0.5) is 18.9 Å². The Balaban J connectivity index is 2.86. The lowest BCUT2D eigenvalue weighted by Gasteiger charge is -2.14. The molecule has 118 valence electrons. The molecule has 0 aliphatic rings. The van der Waals surface area contributed by atoms with E-state index >= 15 is 0 Å². The highest BCUT2D eigenvalue weighted by Gasteiger charge is 2.34. The van der Waals surface area contributed by atoms with Crippen LogP contribution in [0.5, 0.6) is 0 Å². The number of anilines is 1. The van der Waals surface area contributed by atoms with Crippen molar-refractivity contribution in [2.24, 2.45) is 0 Å². The number of halogens is 4. The van der Waals surface area contributed by atoms with Crippen LogP contribution in [0.1, 0.15) is 12.5 Å². The molecule has 0 heterocycles. The van der Waals surface area contributed by atoms with E-state index in [-0.39, 0.29) is 10.8 Å². The Bertz CT molecular complexity index is 632. The van der Waals surface area contributed by atoms with E-state index in [4.69, 9.17) is 11.6 Å². The number of nitrogens with one attached hydrogen (secondary N) is 2. The Hall–Kier alpha value is -1.32. The van der Waals surface area contributed by atoms with Crippen LogP contribution in [0.2, 0.25) is 5.02 Å². The maximum Gasteiger partial charge on any atom is 0.418 e. The molecule has 0 saturated heterocycles. The number of benzene rings is 1. The standard InChI is InChI=1S/C11H12ClF3N2O3S/c1-2-21(19,20)16-6-10(18)17-9-4-3-7(12)5-8(9)11(13,14)15/h3-5,16H,2,6H2,1H3,(H,17,18). The van der Waals surface area contributed by atoms with Crippen molar-refractivity contribution in [1.29, 1.82) is 0 Å². The number of carbonyl (C=O) groups excluding carboxylic acids is 1. The molecule has 21 heavy (non-hydrogen) atoms. The smallest absolute Gasteiger partial charge is 0.324 e. The first kappa shape index (κ1) is 17.7. The van der Waals surface area contributed by atoms with Gasteiger partial charge in [0.05, 0.1) is 23.5 Å². The zero-order valence-electron chi connectivity index (χ0n) is 10.8. The van der Waals surface area contributed by atoms with E-state index < -0.39 is 39.9 Å². The van der Waals surface area contributed by atoms with Crippen molar-refractivity contribution in [3.63, 3.8) is 0 Å². The number of hydrogen-bond acceptors (Lipinski definition) is 3. The first-order valence-corrected chi connectivity index (χ1v) is 7.72. The number of amides is 1. The molecule has 0 aromatic heterocycles. The van der Waals surface area contributed by atoms with Gasteiger partial charge in [-0.15, -0.1) is 0 Å².